The first-order valence-corrected chi connectivity index (χ1v) is 11.3. The summed E-state index contributed by atoms with van der Waals surface area (Å²) in [4.78, 5) is 25.8. The number of halogens is 3. The molecule has 3 aromatic rings. The van der Waals surface area contributed by atoms with E-state index in [4.69, 9.17) is 9.72 Å². The highest BCUT2D eigenvalue weighted by molar-refractivity contribution is 5.95. The number of hydrogen-bond donors (Lipinski definition) is 0. The average Bonchev–Trinajstić information content (AvgIpc) is 2.84. The summed E-state index contributed by atoms with van der Waals surface area (Å²) < 4.78 is 48.2. The number of rotatable bonds is 4. The predicted octanol–water partition coefficient (Wildman–Crippen LogP) is 4.88. The minimum absolute atomic E-state index is 0.0207. The lowest BCUT2D eigenvalue weighted by Gasteiger charge is -2.32. The molecule has 0 bridgehead atoms. The van der Waals surface area contributed by atoms with Crippen LogP contribution < -0.4 is 9.64 Å². The standard InChI is InChI=1S/C25H23F3N4O2/c26-16-6-4-7-17(14-16)34-23-18-15-32(24(33)22-19(27)8-5-9-20(22)28)13-10-21(18)29-25(30-23)31-11-2-1-3-12-31/h4-9,14H,1-3,10-13,15H2. The fourth-order valence-corrected chi connectivity index (χ4v) is 4.37. The van der Waals surface area contributed by atoms with Crippen LogP contribution in [0.15, 0.2) is 42.5 Å². The summed E-state index contributed by atoms with van der Waals surface area (Å²) in [5.41, 5.74) is 0.658. The van der Waals surface area contributed by atoms with E-state index < -0.39 is 28.9 Å². The fraction of sp³-hybridized carbons (Fsp3) is 0.320. The summed E-state index contributed by atoms with van der Waals surface area (Å²) in [6.07, 6.45) is 3.60. The Bertz CT molecular complexity index is 1210. The van der Waals surface area contributed by atoms with Gasteiger partial charge in [0.15, 0.2) is 0 Å². The van der Waals surface area contributed by atoms with Crippen molar-refractivity contribution in [3.8, 4) is 11.6 Å². The van der Waals surface area contributed by atoms with Crippen molar-refractivity contribution in [3.05, 3.63) is 76.7 Å². The van der Waals surface area contributed by atoms with Crippen LogP contribution in [0.1, 0.15) is 40.9 Å². The van der Waals surface area contributed by atoms with Crippen molar-refractivity contribution in [3.63, 3.8) is 0 Å². The molecule has 6 nitrogen and oxygen atoms in total. The van der Waals surface area contributed by atoms with E-state index in [2.05, 4.69) is 9.88 Å². The van der Waals surface area contributed by atoms with E-state index in [0.717, 1.165) is 44.5 Å². The number of benzene rings is 2. The van der Waals surface area contributed by atoms with Gasteiger partial charge in [-0.15, -0.1) is 0 Å². The number of nitrogens with zero attached hydrogens (tertiary/aromatic N) is 4. The fourth-order valence-electron chi connectivity index (χ4n) is 4.37. The monoisotopic (exact) mass is 468 g/mol. The zero-order valence-electron chi connectivity index (χ0n) is 18.4. The summed E-state index contributed by atoms with van der Waals surface area (Å²) in [6.45, 7) is 1.92. The number of carbonyl (C=O) groups is 1. The maximum Gasteiger partial charge on any atom is 0.260 e. The molecule has 2 aromatic carbocycles. The molecule has 2 aliphatic heterocycles. The number of piperidine rings is 1. The van der Waals surface area contributed by atoms with E-state index in [0.29, 0.717) is 23.6 Å². The third kappa shape index (κ3) is 4.42. The van der Waals surface area contributed by atoms with Gasteiger partial charge in [-0.1, -0.05) is 12.1 Å². The number of hydrogen-bond acceptors (Lipinski definition) is 5. The van der Waals surface area contributed by atoms with Crippen molar-refractivity contribution in [1.82, 2.24) is 14.9 Å². The number of anilines is 1. The smallest absolute Gasteiger partial charge is 0.260 e. The Hall–Kier alpha value is -3.62. The lowest BCUT2D eigenvalue weighted by Crippen LogP contribution is -2.38. The van der Waals surface area contributed by atoms with Gasteiger partial charge in [-0.25, -0.2) is 18.2 Å². The van der Waals surface area contributed by atoms with Gasteiger partial charge in [0.25, 0.3) is 5.91 Å². The third-order valence-corrected chi connectivity index (χ3v) is 6.12. The van der Waals surface area contributed by atoms with Gasteiger partial charge >= 0.3 is 0 Å². The van der Waals surface area contributed by atoms with Gasteiger partial charge in [0.05, 0.1) is 17.8 Å². The van der Waals surface area contributed by atoms with Crippen molar-refractivity contribution >= 4 is 11.9 Å². The number of carbonyl (C=O) groups excluding carboxylic acids is 1. The molecule has 3 heterocycles. The molecule has 1 amide bonds. The summed E-state index contributed by atoms with van der Waals surface area (Å²) in [7, 11) is 0. The van der Waals surface area contributed by atoms with Gasteiger partial charge in [-0.05, 0) is 43.5 Å². The van der Waals surface area contributed by atoms with Crippen LogP contribution >= 0.6 is 0 Å². The zero-order chi connectivity index (χ0) is 23.7. The van der Waals surface area contributed by atoms with Crippen molar-refractivity contribution in [1.29, 1.82) is 0 Å². The summed E-state index contributed by atoms with van der Waals surface area (Å²) in [6, 6.07) is 9.02. The van der Waals surface area contributed by atoms with Gasteiger partial charge in [-0.2, -0.15) is 4.98 Å². The highest BCUT2D eigenvalue weighted by Gasteiger charge is 2.31. The van der Waals surface area contributed by atoms with Crippen LogP contribution in [0, 0.1) is 17.5 Å². The number of fused-ring (bicyclic) bond motifs is 1. The van der Waals surface area contributed by atoms with Crippen LogP contribution in [0.5, 0.6) is 11.6 Å². The topological polar surface area (TPSA) is 58.6 Å². The van der Waals surface area contributed by atoms with Gasteiger partial charge < -0.3 is 14.5 Å². The Morgan fingerprint density at radius 3 is 2.38 bits per heavy atom. The Morgan fingerprint density at radius 2 is 1.65 bits per heavy atom. The van der Waals surface area contributed by atoms with Gasteiger partial charge in [0.2, 0.25) is 11.8 Å². The Labute approximate surface area is 195 Å². The summed E-state index contributed by atoms with van der Waals surface area (Å²) >= 11 is 0. The van der Waals surface area contributed by atoms with Gasteiger partial charge in [-0.3, -0.25) is 4.79 Å². The molecule has 9 heteroatoms. The van der Waals surface area contributed by atoms with Crippen LogP contribution in [-0.4, -0.2) is 40.4 Å². The molecule has 5 rings (SSSR count). The normalized spacial score (nSPS) is 15.7. The zero-order valence-corrected chi connectivity index (χ0v) is 18.4. The van der Waals surface area contributed by atoms with E-state index in [9.17, 15) is 18.0 Å². The first-order chi connectivity index (χ1) is 16.5. The van der Waals surface area contributed by atoms with Gasteiger partial charge in [0.1, 0.15) is 28.8 Å². The molecule has 0 spiro atoms. The molecular formula is C25H23F3N4O2. The van der Waals surface area contributed by atoms with Crippen LogP contribution in [0.3, 0.4) is 0 Å². The second-order valence-corrected chi connectivity index (χ2v) is 8.43. The Morgan fingerprint density at radius 1 is 0.912 bits per heavy atom. The molecule has 0 N–H and O–H groups in total. The molecule has 34 heavy (non-hydrogen) atoms. The number of aromatic nitrogens is 2. The summed E-state index contributed by atoms with van der Waals surface area (Å²) in [5, 5.41) is 0. The first-order valence-electron chi connectivity index (χ1n) is 11.3. The minimum atomic E-state index is -0.913. The van der Waals surface area contributed by atoms with E-state index in [1.54, 1.807) is 6.07 Å². The van der Waals surface area contributed by atoms with E-state index in [1.165, 1.54) is 29.2 Å². The maximum absolute atomic E-state index is 14.2. The van der Waals surface area contributed by atoms with Crippen molar-refractivity contribution in [2.45, 2.75) is 32.2 Å². The minimum Gasteiger partial charge on any atom is -0.438 e. The molecule has 1 fully saturated rings. The van der Waals surface area contributed by atoms with Crippen LogP contribution in [0.2, 0.25) is 0 Å². The largest absolute Gasteiger partial charge is 0.438 e. The first kappa shape index (κ1) is 22.2. The number of amides is 1. The van der Waals surface area contributed by atoms with Crippen molar-refractivity contribution in [2.75, 3.05) is 24.5 Å². The number of ether oxygens (including phenoxy) is 1. The van der Waals surface area contributed by atoms with E-state index in [1.807, 2.05) is 0 Å². The Balaban J connectivity index is 1.51. The molecule has 0 atom stereocenters. The van der Waals surface area contributed by atoms with Gasteiger partial charge in [0, 0.05) is 32.1 Å². The van der Waals surface area contributed by atoms with E-state index >= 15 is 0 Å². The van der Waals surface area contributed by atoms with Crippen molar-refractivity contribution < 1.29 is 22.7 Å². The second-order valence-electron chi connectivity index (χ2n) is 8.43. The van der Waals surface area contributed by atoms with Crippen LogP contribution in [-0.2, 0) is 13.0 Å². The predicted molar refractivity (Wildman–Crippen MR) is 119 cm³/mol. The quantitative estimate of drug-likeness (QED) is 0.547. The average molecular weight is 468 g/mol. The van der Waals surface area contributed by atoms with Crippen molar-refractivity contribution in [2.24, 2.45) is 0 Å². The molecule has 0 radical (unpaired) electrons. The second kappa shape index (κ2) is 9.32. The van der Waals surface area contributed by atoms with Crippen LogP contribution in [0.4, 0.5) is 19.1 Å². The molecule has 176 valence electrons. The highest BCUT2D eigenvalue weighted by Crippen LogP contribution is 2.33. The molecular weight excluding hydrogens is 445 g/mol. The molecule has 1 saturated heterocycles. The Kier molecular flexibility index (Phi) is 6.08. The molecule has 0 aliphatic carbocycles. The summed E-state index contributed by atoms with van der Waals surface area (Å²) in [5.74, 6) is -2.03. The lowest BCUT2D eigenvalue weighted by molar-refractivity contribution is 0.0722. The SMILES string of the molecule is O=C(c1c(F)cccc1F)N1CCc2nc(N3CCCCC3)nc(Oc3cccc(F)c3)c2C1. The molecule has 2 aliphatic rings. The molecule has 0 saturated carbocycles. The third-order valence-electron chi connectivity index (χ3n) is 6.12. The van der Waals surface area contributed by atoms with E-state index in [-0.39, 0.29) is 24.7 Å². The molecule has 1 aromatic heterocycles. The van der Waals surface area contributed by atoms with Crippen LogP contribution in [0.25, 0.3) is 0 Å². The maximum atomic E-state index is 14.2. The lowest BCUT2D eigenvalue weighted by atomic mass is 10.0. The molecule has 0 unspecified atom stereocenters. The highest BCUT2D eigenvalue weighted by atomic mass is 19.1.